The van der Waals surface area contributed by atoms with E-state index < -0.39 is 15.9 Å². The molecule has 4 atom stereocenters. The highest BCUT2D eigenvalue weighted by atomic mass is 32.2. The lowest BCUT2D eigenvalue weighted by Gasteiger charge is -2.31. The number of nitrogens with one attached hydrogen (secondary N) is 1. The minimum absolute atomic E-state index is 0.0844. The van der Waals surface area contributed by atoms with Gasteiger partial charge in [-0.3, -0.25) is 0 Å². The Morgan fingerprint density at radius 3 is 2.62 bits per heavy atom. The molecule has 1 aliphatic rings. The van der Waals surface area contributed by atoms with E-state index in [1.54, 1.807) is 0 Å². The maximum Gasteiger partial charge on any atom is 0.148 e. The number of ether oxygens (including phenoxy) is 1. The molecule has 1 aliphatic carbocycles. The molecule has 0 spiro atoms. The van der Waals surface area contributed by atoms with Crippen LogP contribution in [0.1, 0.15) is 46.0 Å². The predicted octanol–water partition coefficient (Wildman–Crippen LogP) is 1.36. The first-order valence-corrected chi connectivity index (χ1v) is 10.1. The van der Waals surface area contributed by atoms with E-state index in [9.17, 15) is 13.5 Å². The smallest absolute Gasteiger partial charge is 0.148 e. The molecule has 1 rings (SSSR count). The lowest BCUT2D eigenvalue weighted by atomic mass is 9.85. The average Bonchev–Trinajstić information content (AvgIpc) is 2.41. The van der Waals surface area contributed by atoms with Crippen LogP contribution in [0.2, 0.25) is 0 Å². The second-order valence-electron chi connectivity index (χ2n) is 6.38. The first-order chi connectivity index (χ1) is 9.81. The van der Waals surface area contributed by atoms with Crippen molar-refractivity contribution in [3.05, 3.63) is 0 Å². The lowest BCUT2D eigenvalue weighted by Crippen LogP contribution is -2.40. The van der Waals surface area contributed by atoms with Gasteiger partial charge in [-0.05, 0) is 25.7 Å². The van der Waals surface area contributed by atoms with Crippen LogP contribution in [0.3, 0.4) is 0 Å². The van der Waals surface area contributed by atoms with Crippen molar-refractivity contribution in [1.82, 2.24) is 5.32 Å². The van der Waals surface area contributed by atoms with Crippen LogP contribution in [-0.2, 0) is 14.6 Å². The molecule has 0 saturated heterocycles. The molecule has 1 saturated carbocycles. The fourth-order valence-corrected chi connectivity index (χ4v) is 4.03. The molecule has 1 fully saturated rings. The molecule has 0 aromatic rings. The van der Waals surface area contributed by atoms with Crippen LogP contribution in [0, 0.1) is 5.92 Å². The zero-order valence-corrected chi connectivity index (χ0v) is 14.4. The van der Waals surface area contributed by atoms with Gasteiger partial charge in [-0.15, -0.1) is 0 Å². The van der Waals surface area contributed by atoms with Crippen LogP contribution in [0.15, 0.2) is 0 Å². The maximum absolute atomic E-state index is 11.2. The fourth-order valence-electron chi connectivity index (χ4n) is 3.00. The number of aliphatic hydroxyl groups excluding tert-OH is 1. The van der Waals surface area contributed by atoms with E-state index in [1.807, 2.05) is 6.92 Å². The maximum atomic E-state index is 11.2. The quantitative estimate of drug-likeness (QED) is 0.670. The molecule has 0 bridgehead atoms. The summed E-state index contributed by atoms with van der Waals surface area (Å²) in [7, 11) is -2.99. The molecule has 126 valence electrons. The number of hydrogen-bond donors (Lipinski definition) is 2. The summed E-state index contributed by atoms with van der Waals surface area (Å²) in [6, 6.07) is -0.160. The fraction of sp³-hybridized carbons (Fsp3) is 1.00. The van der Waals surface area contributed by atoms with E-state index in [2.05, 4.69) is 12.2 Å². The van der Waals surface area contributed by atoms with Gasteiger partial charge in [0, 0.05) is 18.8 Å². The average molecular weight is 321 g/mol. The summed E-state index contributed by atoms with van der Waals surface area (Å²) >= 11 is 0. The molecule has 0 amide bonds. The van der Waals surface area contributed by atoms with Crippen molar-refractivity contribution in [3.8, 4) is 0 Å². The summed E-state index contributed by atoms with van der Waals surface area (Å²) in [4.78, 5) is 0. The Kier molecular flexibility index (Phi) is 8.16. The van der Waals surface area contributed by atoms with E-state index in [-0.39, 0.29) is 17.9 Å². The Labute approximate surface area is 129 Å². The normalized spacial score (nSPS) is 26.5. The summed E-state index contributed by atoms with van der Waals surface area (Å²) in [5.41, 5.74) is 0. The van der Waals surface area contributed by atoms with Crippen molar-refractivity contribution in [1.29, 1.82) is 0 Å². The van der Waals surface area contributed by atoms with Gasteiger partial charge in [0.2, 0.25) is 0 Å². The monoisotopic (exact) mass is 321 g/mol. The Balaban J connectivity index is 2.22. The van der Waals surface area contributed by atoms with Crippen molar-refractivity contribution in [2.45, 2.75) is 64.2 Å². The number of hydrogen-bond acceptors (Lipinski definition) is 5. The third kappa shape index (κ3) is 8.14. The summed E-state index contributed by atoms with van der Waals surface area (Å²) < 4.78 is 28.2. The standard InChI is InChI=1S/C15H31NO4S/c1-4-13-7-5-6-8-15(13)20-10-14(17)9-16-12(2)11-21(3,18)19/h12-17H,4-11H2,1-3H3. The molecule has 21 heavy (non-hydrogen) atoms. The first kappa shape index (κ1) is 18.9. The van der Waals surface area contributed by atoms with Gasteiger partial charge in [-0.25, -0.2) is 8.42 Å². The molecule has 4 unspecified atom stereocenters. The summed E-state index contributed by atoms with van der Waals surface area (Å²) in [5, 5.41) is 13.0. The Bertz CT molecular complexity index is 385. The van der Waals surface area contributed by atoms with Crippen molar-refractivity contribution < 1.29 is 18.3 Å². The van der Waals surface area contributed by atoms with E-state index >= 15 is 0 Å². The predicted molar refractivity (Wildman–Crippen MR) is 85.2 cm³/mol. The van der Waals surface area contributed by atoms with Crippen LogP contribution < -0.4 is 5.32 Å². The Morgan fingerprint density at radius 2 is 2.00 bits per heavy atom. The summed E-state index contributed by atoms with van der Waals surface area (Å²) in [5.74, 6) is 0.698. The zero-order chi connectivity index (χ0) is 15.9. The number of aliphatic hydroxyl groups is 1. The topological polar surface area (TPSA) is 75.6 Å². The summed E-state index contributed by atoms with van der Waals surface area (Å²) in [6.45, 7) is 4.68. The van der Waals surface area contributed by atoms with E-state index in [4.69, 9.17) is 4.74 Å². The van der Waals surface area contributed by atoms with E-state index in [0.29, 0.717) is 19.1 Å². The summed E-state index contributed by atoms with van der Waals surface area (Å²) in [6.07, 6.45) is 6.83. The van der Waals surface area contributed by atoms with E-state index in [1.165, 1.54) is 25.5 Å². The Hall–Kier alpha value is -0.170. The zero-order valence-electron chi connectivity index (χ0n) is 13.5. The van der Waals surface area contributed by atoms with Gasteiger partial charge in [0.05, 0.1) is 24.6 Å². The minimum Gasteiger partial charge on any atom is -0.389 e. The molecule has 0 aliphatic heterocycles. The van der Waals surface area contributed by atoms with Crippen molar-refractivity contribution in [2.75, 3.05) is 25.2 Å². The second kappa shape index (κ2) is 9.08. The second-order valence-corrected chi connectivity index (χ2v) is 8.56. The van der Waals surface area contributed by atoms with Gasteiger partial charge < -0.3 is 15.2 Å². The van der Waals surface area contributed by atoms with Crippen LogP contribution in [0.25, 0.3) is 0 Å². The number of sulfone groups is 1. The lowest BCUT2D eigenvalue weighted by molar-refractivity contribution is -0.0501. The van der Waals surface area contributed by atoms with Crippen molar-refractivity contribution >= 4 is 9.84 Å². The van der Waals surface area contributed by atoms with Crippen LogP contribution >= 0.6 is 0 Å². The molecular weight excluding hydrogens is 290 g/mol. The van der Waals surface area contributed by atoms with Gasteiger partial charge in [0.15, 0.2) is 0 Å². The van der Waals surface area contributed by atoms with Gasteiger partial charge in [0.1, 0.15) is 9.84 Å². The SMILES string of the molecule is CCC1CCCCC1OCC(O)CNC(C)CS(C)(=O)=O. The largest absolute Gasteiger partial charge is 0.389 e. The molecule has 2 N–H and O–H groups in total. The van der Waals surface area contributed by atoms with Crippen LogP contribution in [0.4, 0.5) is 0 Å². The van der Waals surface area contributed by atoms with Crippen molar-refractivity contribution in [2.24, 2.45) is 5.92 Å². The van der Waals surface area contributed by atoms with Gasteiger partial charge in [-0.1, -0.05) is 26.2 Å². The minimum atomic E-state index is -2.99. The van der Waals surface area contributed by atoms with Gasteiger partial charge in [-0.2, -0.15) is 0 Å². The third-order valence-electron chi connectivity index (χ3n) is 4.12. The van der Waals surface area contributed by atoms with Crippen LogP contribution in [0.5, 0.6) is 0 Å². The van der Waals surface area contributed by atoms with E-state index in [0.717, 1.165) is 12.8 Å². The molecule has 0 heterocycles. The molecular formula is C15H31NO4S. The molecule has 6 heteroatoms. The molecule has 5 nitrogen and oxygen atoms in total. The van der Waals surface area contributed by atoms with Gasteiger partial charge >= 0.3 is 0 Å². The first-order valence-electron chi connectivity index (χ1n) is 8.02. The highest BCUT2D eigenvalue weighted by Gasteiger charge is 2.25. The highest BCUT2D eigenvalue weighted by Crippen LogP contribution is 2.29. The van der Waals surface area contributed by atoms with Crippen LogP contribution in [-0.4, -0.2) is 56.9 Å². The molecule has 0 radical (unpaired) electrons. The third-order valence-corrected chi connectivity index (χ3v) is 5.23. The number of rotatable bonds is 9. The molecule has 0 aromatic carbocycles. The van der Waals surface area contributed by atoms with Crippen molar-refractivity contribution in [3.63, 3.8) is 0 Å². The van der Waals surface area contributed by atoms with Gasteiger partial charge in [0.25, 0.3) is 0 Å². The highest BCUT2D eigenvalue weighted by molar-refractivity contribution is 7.90. The molecule has 0 aromatic heterocycles. The Morgan fingerprint density at radius 1 is 1.33 bits per heavy atom.